The molecule has 4 rings (SSSR count). The lowest BCUT2D eigenvalue weighted by molar-refractivity contribution is 0.0829. The lowest BCUT2D eigenvalue weighted by Crippen LogP contribution is -2.48. The van der Waals surface area contributed by atoms with Crippen molar-refractivity contribution in [2.75, 3.05) is 6.61 Å². The fourth-order valence-electron chi connectivity index (χ4n) is 4.13. The predicted molar refractivity (Wildman–Crippen MR) is 90.7 cm³/mol. The van der Waals surface area contributed by atoms with Crippen LogP contribution in [-0.4, -0.2) is 12.5 Å². The highest BCUT2D eigenvalue weighted by Gasteiger charge is 2.39. The zero-order chi connectivity index (χ0) is 18.1. The number of furan rings is 1. The molecule has 0 unspecified atom stereocenters. The van der Waals surface area contributed by atoms with Crippen LogP contribution in [0.4, 0.5) is 8.78 Å². The zero-order valence-electron chi connectivity index (χ0n) is 14.4. The van der Waals surface area contributed by atoms with Crippen LogP contribution in [-0.2, 0) is 23.3 Å². The molecule has 2 aromatic rings. The zero-order valence-corrected chi connectivity index (χ0v) is 14.4. The third kappa shape index (κ3) is 3.03. The van der Waals surface area contributed by atoms with Crippen molar-refractivity contribution in [1.82, 2.24) is 5.32 Å². The monoisotopic (exact) mass is 361 g/mol. The Morgan fingerprint density at radius 2 is 1.96 bits per heavy atom. The van der Waals surface area contributed by atoms with Crippen LogP contribution in [0.2, 0.25) is 0 Å². The van der Waals surface area contributed by atoms with Gasteiger partial charge in [0, 0.05) is 29.2 Å². The number of halogens is 2. The Labute approximate surface area is 150 Å². The molecule has 0 saturated heterocycles. The maximum Gasteiger partial charge on any atom is 0.287 e. The number of nitrogens with one attached hydrogen (secondary N) is 1. The normalized spacial score (nSPS) is 19.0. The van der Waals surface area contributed by atoms with Crippen molar-refractivity contribution in [3.63, 3.8) is 0 Å². The van der Waals surface area contributed by atoms with E-state index < -0.39 is 17.2 Å². The highest BCUT2D eigenvalue weighted by atomic mass is 19.1. The Bertz CT molecular complexity index is 824. The first-order valence-electron chi connectivity index (χ1n) is 9.04. The van der Waals surface area contributed by atoms with Gasteiger partial charge in [0.1, 0.15) is 11.6 Å². The first kappa shape index (κ1) is 17.2. The molecule has 1 amide bonds. The SMILES string of the molecule is O=C(NC1(c2ccc(F)cc2F)CCCCC1)c1occ2c1CCOC2. The summed E-state index contributed by atoms with van der Waals surface area (Å²) in [6.45, 7) is 0.981. The number of hydrogen-bond donors (Lipinski definition) is 1. The number of benzene rings is 1. The van der Waals surface area contributed by atoms with Crippen LogP contribution >= 0.6 is 0 Å². The first-order valence-corrected chi connectivity index (χ1v) is 9.04. The van der Waals surface area contributed by atoms with E-state index in [2.05, 4.69) is 5.32 Å². The smallest absolute Gasteiger partial charge is 0.287 e. The van der Waals surface area contributed by atoms with Crippen molar-refractivity contribution in [1.29, 1.82) is 0 Å². The van der Waals surface area contributed by atoms with Crippen molar-refractivity contribution in [2.24, 2.45) is 0 Å². The Balaban J connectivity index is 1.67. The van der Waals surface area contributed by atoms with E-state index >= 15 is 0 Å². The molecule has 0 bridgehead atoms. The molecule has 1 aromatic heterocycles. The fourth-order valence-corrected chi connectivity index (χ4v) is 4.13. The first-order chi connectivity index (χ1) is 12.6. The summed E-state index contributed by atoms with van der Waals surface area (Å²) in [6.07, 6.45) is 6.19. The Kier molecular flexibility index (Phi) is 4.53. The van der Waals surface area contributed by atoms with Crippen molar-refractivity contribution in [3.05, 3.63) is 58.5 Å². The maximum atomic E-state index is 14.5. The van der Waals surface area contributed by atoms with Gasteiger partial charge in [-0.1, -0.05) is 25.3 Å². The molecule has 1 aliphatic heterocycles. The molecule has 2 aliphatic rings. The molecular formula is C20H21F2NO3. The number of carbonyl (C=O) groups excluding carboxylic acids is 1. The molecule has 1 saturated carbocycles. The number of rotatable bonds is 3. The number of amides is 1. The van der Waals surface area contributed by atoms with Gasteiger partial charge >= 0.3 is 0 Å². The summed E-state index contributed by atoms with van der Waals surface area (Å²) in [5.41, 5.74) is 1.25. The summed E-state index contributed by atoms with van der Waals surface area (Å²) in [5.74, 6) is -1.32. The molecule has 0 radical (unpaired) electrons. The number of fused-ring (bicyclic) bond motifs is 1. The Morgan fingerprint density at radius 1 is 1.15 bits per heavy atom. The molecule has 138 valence electrons. The van der Waals surface area contributed by atoms with Crippen molar-refractivity contribution in [3.8, 4) is 0 Å². The highest BCUT2D eigenvalue weighted by molar-refractivity contribution is 5.94. The molecule has 2 heterocycles. The molecule has 1 N–H and O–H groups in total. The summed E-state index contributed by atoms with van der Waals surface area (Å²) in [7, 11) is 0. The minimum absolute atomic E-state index is 0.274. The van der Waals surface area contributed by atoms with E-state index in [4.69, 9.17) is 9.15 Å². The number of hydrogen-bond acceptors (Lipinski definition) is 3. The lowest BCUT2D eigenvalue weighted by Gasteiger charge is -2.38. The molecule has 1 fully saturated rings. The van der Waals surface area contributed by atoms with Gasteiger partial charge in [-0.15, -0.1) is 0 Å². The van der Waals surface area contributed by atoms with E-state index in [1.165, 1.54) is 12.1 Å². The van der Waals surface area contributed by atoms with Gasteiger partial charge in [-0.2, -0.15) is 0 Å². The number of ether oxygens (including phenoxy) is 1. The lowest BCUT2D eigenvalue weighted by atomic mass is 9.76. The summed E-state index contributed by atoms with van der Waals surface area (Å²) in [5, 5.41) is 3.03. The van der Waals surface area contributed by atoms with E-state index in [9.17, 15) is 13.6 Å². The van der Waals surface area contributed by atoms with Gasteiger partial charge in [0.2, 0.25) is 0 Å². The average molecular weight is 361 g/mol. The van der Waals surface area contributed by atoms with Crippen LogP contribution in [0.5, 0.6) is 0 Å². The minimum Gasteiger partial charge on any atom is -0.459 e. The molecule has 4 nitrogen and oxygen atoms in total. The van der Waals surface area contributed by atoms with Crippen LogP contribution in [0.15, 0.2) is 28.9 Å². The van der Waals surface area contributed by atoms with Crippen LogP contribution in [0.3, 0.4) is 0 Å². The van der Waals surface area contributed by atoms with E-state index in [0.29, 0.717) is 38.0 Å². The molecule has 1 aliphatic carbocycles. The van der Waals surface area contributed by atoms with Gasteiger partial charge in [0.25, 0.3) is 5.91 Å². The average Bonchev–Trinajstić information content (AvgIpc) is 3.06. The summed E-state index contributed by atoms with van der Waals surface area (Å²) in [6, 6.07) is 3.57. The largest absolute Gasteiger partial charge is 0.459 e. The van der Waals surface area contributed by atoms with Crippen LogP contribution in [0.25, 0.3) is 0 Å². The van der Waals surface area contributed by atoms with Crippen LogP contribution in [0.1, 0.15) is 59.3 Å². The third-order valence-electron chi connectivity index (χ3n) is 5.45. The van der Waals surface area contributed by atoms with E-state index in [1.807, 2.05) is 0 Å². The second-order valence-electron chi connectivity index (χ2n) is 7.09. The number of carbonyl (C=O) groups is 1. The third-order valence-corrected chi connectivity index (χ3v) is 5.45. The predicted octanol–water partition coefficient (Wildman–Crippen LogP) is 4.22. The second-order valence-corrected chi connectivity index (χ2v) is 7.09. The van der Waals surface area contributed by atoms with Crippen molar-refractivity contribution >= 4 is 5.91 Å². The molecule has 1 aromatic carbocycles. The highest BCUT2D eigenvalue weighted by Crippen LogP contribution is 2.39. The molecular weight excluding hydrogens is 340 g/mol. The maximum absolute atomic E-state index is 14.5. The molecule has 0 spiro atoms. The van der Waals surface area contributed by atoms with Crippen molar-refractivity contribution < 1.29 is 22.7 Å². The summed E-state index contributed by atoms with van der Waals surface area (Å²) < 4.78 is 38.8. The Hall–Kier alpha value is -2.21. The molecule has 0 atom stereocenters. The van der Waals surface area contributed by atoms with E-state index in [1.54, 1.807) is 6.26 Å². The van der Waals surface area contributed by atoms with Gasteiger partial charge in [-0.25, -0.2) is 8.78 Å². The quantitative estimate of drug-likeness (QED) is 0.891. The summed E-state index contributed by atoms with van der Waals surface area (Å²) in [4.78, 5) is 13.0. The fraction of sp³-hybridized carbons (Fsp3) is 0.450. The van der Waals surface area contributed by atoms with E-state index in [0.717, 1.165) is 36.5 Å². The van der Waals surface area contributed by atoms with Crippen molar-refractivity contribution in [2.45, 2.75) is 50.7 Å². The van der Waals surface area contributed by atoms with E-state index in [-0.39, 0.29) is 11.7 Å². The van der Waals surface area contributed by atoms with Gasteiger partial charge in [0.15, 0.2) is 5.76 Å². The van der Waals surface area contributed by atoms with Crippen LogP contribution in [0, 0.1) is 11.6 Å². The molecule has 6 heteroatoms. The Morgan fingerprint density at radius 3 is 2.73 bits per heavy atom. The van der Waals surface area contributed by atoms with Gasteiger partial charge in [0.05, 0.1) is 25.0 Å². The van der Waals surface area contributed by atoms with Gasteiger partial charge < -0.3 is 14.5 Å². The molecule has 26 heavy (non-hydrogen) atoms. The van der Waals surface area contributed by atoms with Gasteiger partial charge in [-0.05, 0) is 18.9 Å². The summed E-state index contributed by atoms with van der Waals surface area (Å²) >= 11 is 0. The van der Waals surface area contributed by atoms with Crippen LogP contribution < -0.4 is 5.32 Å². The standard InChI is InChI=1S/C20H21F2NO3/c21-14-4-5-16(17(22)10-14)20(7-2-1-3-8-20)23-19(24)18-15-6-9-25-11-13(15)12-26-18/h4-5,10,12H,1-3,6-9,11H2,(H,23,24). The topological polar surface area (TPSA) is 51.5 Å². The van der Waals surface area contributed by atoms with Gasteiger partial charge in [-0.3, -0.25) is 4.79 Å². The second kappa shape index (κ2) is 6.83. The minimum atomic E-state index is -0.835.